The van der Waals surface area contributed by atoms with Crippen molar-refractivity contribution in [1.82, 2.24) is 0 Å². The van der Waals surface area contributed by atoms with Crippen LogP contribution in [0, 0.1) is 6.07 Å². The Balaban J connectivity index is 2.16. The van der Waals surface area contributed by atoms with E-state index in [2.05, 4.69) is 168 Å². The molecule has 0 aliphatic heterocycles. The summed E-state index contributed by atoms with van der Waals surface area (Å²) in [5.41, 5.74) is 13.1. The van der Waals surface area contributed by atoms with Gasteiger partial charge in [0, 0.05) is 0 Å². The first-order chi connectivity index (χ1) is 18.4. The SMILES string of the molecule is CC(C)(C)c1ccc(-c2cc[c]c(-c3ccccc3)c2-c2ccc(C(C)(C)C)cc2C(C)(C)C)c(C(C)(C)C)c1. The lowest BCUT2D eigenvalue weighted by molar-refractivity contribution is 0.568. The monoisotopic (exact) mass is 529 g/mol. The van der Waals surface area contributed by atoms with Crippen LogP contribution in [0.1, 0.15) is 105 Å². The second-order valence-electron chi connectivity index (χ2n) is 15.5. The third-order valence-electron chi connectivity index (χ3n) is 8.01. The summed E-state index contributed by atoms with van der Waals surface area (Å²) < 4.78 is 0. The topological polar surface area (TPSA) is 0 Å². The van der Waals surface area contributed by atoms with Crippen molar-refractivity contribution in [3.63, 3.8) is 0 Å². The van der Waals surface area contributed by atoms with Crippen molar-refractivity contribution in [2.24, 2.45) is 0 Å². The average Bonchev–Trinajstić information content (AvgIpc) is 2.86. The zero-order valence-corrected chi connectivity index (χ0v) is 27.0. The highest BCUT2D eigenvalue weighted by molar-refractivity contribution is 5.96. The van der Waals surface area contributed by atoms with Gasteiger partial charge >= 0.3 is 0 Å². The van der Waals surface area contributed by atoms with Gasteiger partial charge in [-0.2, -0.15) is 0 Å². The van der Waals surface area contributed by atoms with E-state index in [0.717, 1.165) is 5.56 Å². The van der Waals surface area contributed by atoms with Crippen LogP contribution in [0.25, 0.3) is 33.4 Å². The van der Waals surface area contributed by atoms with Crippen molar-refractivity contribution in [2.75, 3.05) is 0 Å². The van der Waals surface area contributed by atoms with Gasteiger partial charge in [-0.05, 0) is 83.4 Å². The molecule has 0 aliphatic carbocycles. The smallest absolute Gasteiger partial charge is 0.00175 e. The Labute approximate surface area is 244 Å². The number of hydrogen-bond acceptors (Lipinski definition) is 0. The molecule has 1 radical (unpaired) electrons. The summed E-state index contributed by atoms with van der Waals surface area (Å²) in [4.78, 5) is 0. The van der Waals surface area contributed by atoms with Gasteiger partial charge in [0.05, 0.1) is 0 Å². The maximum Gasteiger partial charge on any atom is -0.00175 e. The fourth-order valence-corrected chi connectivity index (χ4v) is 5.55. The lowest BCUT2D eigenvalue weighted by Gasteiger charge is -2.31. The van der Waals surface area contributed by atoms with Gasteiger partial charge in [0.25, 0.3) is 0 Å². The Morgan fingerprint density at radius 1 is 0.450 bits per heavy atom. The molecular weight excluding hydrogens is 480 g/mol. The van der Waals surface area contributed by atoms with Crippen molar-refractivity contribution in [2.45, 2.75) is 105 Å². The zero-order valence-electron chi connectivity index (χ0n) is 27.0. The standard InChI is InChI=1S/C40H49/c1-37(2,3)28-21-23-31(34(25-28)39(7,8)9)32-20-16-19-30(27-17-14-13-15-18-27)36(32)33-24-22-29(38(4,5)6)26-35(33)40(10,11)12/h13-18,20-26H,1-12H3. The van der Waals surface area contributed by atoms with Crippen LogP contribution >= 0.6 is 0 Å². The molecule has 0 unspecified atom stereocenters. The molecule has 0 N–H and O–H groups in total. The van der Waals surface area contributed by atoms with Crippen molar-refractivity contribution < 1.29 is 0 Å². The fraction of sp³-hybridized carbons (Fsp3) is 0.400. The molecule has 0 amide bonds. The van der Waals surface area contributed by atoms with Crippen molar-refractivity contribution in [3.05, 3.63) is 107 Å². The summed E-state index contributed by atoms with van der Waals surface area (Å²) in [6.45, 7) is 27.8. The average molecular weight is 530 g/mol. The van der Waals surface area contributed by atoms with Gasteiger partial charge in [-0.3, -0.25) is 0 Å². The molecule has 4 aromatic carbocycles. The maximum absolute atomic E-state index is 3.68. The molecule has 209 valence electrons. The number of benzene rings is 4. The van der Waals surface area contributed by atoms with Crippen LogP contribution in [0.2, 0.25) is 0 Å². The Hall–Kier alpha value is -3.12. The van der Waals surface area contributed by atoms with Gasteiger partial charge in [-0.15, -0.1) is 0 Å². The lowest BCUT2D eigenvalue weighted by Crippen LogP contribution is -2.18. The molecule has 0 aliphatic rings. The van der Waals surface area contributed by atoms with E-state index >= 15 is 0 Å². The molecule has 0 spiro atoms. The lowest BCUT2D eigenvalue weighted by atomic mass is 9.73. The molecule has 0 saturated carbocycles. The fourth-order valence-electron chi connectivity index (χ4n) is 5.55. The number of hydrogen-bond donors (Lipinski definition) is 0. The van der Waals surface area contributed by atoms with E-state index in [4.69, 9.17) is 0 Å². The van der Waals surface area contributed by atoms with E-state index in [1.165, 1.54) is 50.1 Å². The van der Waals surface area contributed by atoms with Crippen LogP contribution < -0.4 is 0 Å². The Bertz CT molecular complexity index is 1490. The van der Waals surface area contributed by atoms with Crippen LogP contribution in [-0.2, 0) is 21.7 Å². The van der Waals surface area contributed by atoms with Crippen LogP contribution in [-0.4, -0.2) is 0 Å². The molecule has 0 atom stereocenters. The van der Waals surface area contributed by atoms with Gasteiger partial charge < -0.3 is 0 Å². The van der Waals surface area contributed by atoms with Crippen LogP contribution in [0.4, 0.5) is 0 Å². The normalized spacial score (nSPS) is 13.0. The summed E-state index contributed by atoms with van der Waals surface area (Å²) >= 11 is 0. The molecule has 0 saturated heterocycles. The van der Waals surface area contributed by atoms with E-state index in [1.807, 2.05) is 0 Å². The van der Waals surface area contributed by atoms with Crippen LogP contribution in [0.3, 0.4) is 0 Å². The minimum absolute atomic E-state index is 0.0106. The molecule has 0 heteroatoms. The van der Waals surface area contributed by atoms with E-state index in [1.54, 1.807) is 0 Å². The third-order valence-corrected chi connectivity index (χ3v) is 8.01. The Morgan fingerprint density at radius 2 is 0.925 bits per heavy atom. The van der Waals surface area contributed by atoms with E-state index in [-0.39, 0.29) is 21.7 Å². The number of rotatable bonds is 3. The molecular formula is C40H49. The summed E-state index contributed by atoms with van der Waals surface area (Å²) in [5, 5.41) is 0. The van der Waals surface area contributed by atoms with E-state index in [0.29, 0.717) is 0 Å². The molecule has 4 aromatic rings. The zero-order chi connectivity index (χ0) is 29.7. The van der Waals surface area contributed by atoms with Gasteiger partial charge in [0.15, 0.2) is 0 Å². The minimum Gasteiger partial charge on any atom is -0.0622 e. The van der Waals surface area contributed by atoms with Crippen molar-refractivity contribution in [1.29, 1.82) is 0 Å². The molecule has 40 heavy (non-hydrogen) atoms. The van der Waals surface area contributed by atoms with Gasteiger partial charge in [-0.25, -0.2) is 0 Å². The van der Waals surface area contributed by atoms with Crippen LogP contribution in [0.5, 0.6) is 0 Å². The minimum atomic E-state index is -0.0272. The predicted molar refractivity (Wildman–Crippen MR) is 176 cm³/mol. The molecule has 0 fully saturated rings. The summed E-state index contributed by atoms with van der Waals surface area (Å²) in [6.07, 6.45) is 0. The highest BCUT2D eigenvalue weighted by Gasteiger charge is 2.28. The Kier molecular flexibility index (Phi) is 7.74. The largest absolute Gasteiger partial charge is 0.0622 e. The highest BCUT2D eigenvalue weighted by atomic mass is 14.3. The first kappa shape index (κ1) is 29.9. The second-order valence-corrected chi connectivity index (χ2v) is 15.5. The highest BCUT2D eigenvalue weighted by Crippen LogP contribution is 2.47. The quantitative estimate of drug-likeness (QED) is 0.247. The van der Waals surface area contributed by atoms with Gasteiger partial charge in [-0.1, -0.05) is 162 Å². The van der Waals surface area contributed by atoms with E-state index in [9.17, 15) is 0 Å². The molecule has 4 rings (SSSR count). The summed E-state index contributed by atoms with van der Waals surface area (Å²) in [5.74, 6) is 0. The van der Waals surface area contributed by atoms with Gasteiger partial charge in [0.2, 0.25) is 0 Å². The maximum atomic E-state index is 3.68. The third kappa shape index (κ3) is 6.12. The van der Waals surface area contributed by atoms with Crippen LogP contribution in [0.15, 0.2) is 78.9 Å². The summed E-state index contributed by atoms with van der Waals surface area (Å²) in [7, 11) is 0. The van der Waals surface area contributed by atoms with Crippen molar-refractivity contribution in [3.8, 4) is 33.4 Å². The predicted octanol–water partition coefficient (Wildman–Crippen LogP) is 11.7. The summed E-state index contributed by atoms with van der Waals surface area (Å²) in [6, 6.07) is 33.2. The first-order valence-corrected chi connectivity index (χ1v) is 14.8. The van der Waals surface area contributed by atoms with Crippen molar-refractivity contribution >= 4 is 0 Å². The molecule has 0 nitrogen and oxygen atoms in total. The second kappa shape index (κ2) is 10.4. The molecule has 0 bridgehead atoms. The first-order valence-electron chi connectivity index (χ1n) is 14.8. The molecule has 0 heterocycles. The van der Waals surface area contributed by atoms with E-state index < -0.39 is 0 Å². The van der Waals surface area contributed by atoms with Gasteiger partial charge in [0.1, 0.15) is 0 Å². The molecule has 0 aromatic heterocycles. The Morgan fingerprint density at radius 3 is 1.40 bits per heavy atom.